The Morgan fingerprint density at radius 2 is 1.91 bits per heavy atom. The molecule has 6 rings (SSSR count). The summed E-state index contributed by atoms with van der Waals surface area (Å²) in [6.45, 7) is 8.98. The number of methoxy groups -OCH3 is 1. The molecule has 10 nitrogen and oxygen atoms in total. The highest BCUT2D eigenvalue weighted by Gasteiger charge is 2.59. The van der Waals surface area contributed by atoms with Gasteiger partial charge in [0.25, 0.3) is 0 Å². The first kappa shape index (κ1) is 31.6. The van der Waals surface area contributed by atoms with Gasteiger partial charge in [0.1, 0.15) is 12.0 Å². The maximum Gasteiger partial charge on any atom is 0.339 e. The summed E-state index contributed by atoms with van der Waals surface area (Å²) < 4.78 is 23.8. The lowest BCUT2D eigenvalue weighted by molar-refractivity contribution is -0.181. The third-order valence-corrected chi connectivity index (χ3v) is 10.6. The highest BCUT2D eigenvalue weighted by atomic mass is 16.7. The van der Waals surface area contributed by atoms with Crippen LogP contribution in [0.25, 0.3) is 0 Å². The maximum absolute atomic E-state index is 14.3. The Bertz CT molecular complexity index is 1260. The van der Waals surface area contributed by atoms with Crippen molar-refractivity contribution in [2.75, 3.05) is 40.1 Å². The number of esters is 1. The fraction of sp³-hybridized carbons (Fsp3) is 0.735. The molecular formula is C34H50N2O8. The van der Waals surface area contributed by atoms with Gasteiger partial charge < -0.3 is 34.3 Å². The molecule has 4 heterocycles. The molecule has 6 atom stereocenters. The molecule has 0 amide bonds. The van der Waals surface area contributed by atoms with Crippen molar-refractivity contribution in [1.82, 2.24) is 9.80 Å². The van der Waals surface area contributed by atoms with E-state index in [1.54, 1.807) is 21.0 Å². The van der Waals surface area contributed by atoms with Gasteiger partial charge in [0.15, 0.2) is 23.2 Å². The zero-order valence-corrected chi connectivity index (χ0v) is 26.7. The molecular weight excluding hydrogens is 564 g/mol. The van der Waals surface area contributed by atoms with Crippen molar-refractivity contribution >= 4 is 5.97 Å². The standard InChI is InChI=1S/C34H50N2O8/c1-22-8-5-13-35(20-22)28(37)19-34(40,12-6-10-32(2,3)39)31(38)44-30-27(41-4)18-33-11-7-14-36(33)15-9-23-16-25-26(43-21-42-25)17-24(23)29(30)33/h16-18,22,28-30,37,39-40H,5-15,19-21H2,1-4H3/t22?,28?,29-,30-,33+,34-/m1/s1. The minimum absolute atomic E-state index is 0.0617. The first-order valence-electron chi connectivity index (χ1n) is 16.4. The molecule has 1 aliphatic carbocycles. The first-order valence-corrected chi connectivity index (χ1v) is 16.4. The molecule has 4 aliphatic heterocycles. The van der Waals surface area contributed by atoms with Crippen LogP contribution in [0.15, 0.2) is 24.0 Å². The molecule has 2 fully saturated rings. The number of carbonyl (C=O) groups excluding carboxylic acids is 1. The highest BCUT2D eigenvalue weighted by Crippen LogP contribution is 2.55. The van der Waals surface area contributed by atoms with E-state index in [-0.39, 0.29) is 25.6 Å². The van der Waals surface area contributed by atoms with Gasteiger partial charge in [-0.15, -0.1) is 0 Å². The fourth-order valence-electron chi connectivity index (χ4n) is 8.35. The van der Waals surface area contributed by atoms with Crippen molar-refractivity contribution in [1.29, 1.82) is 0 Å². The number of likely N-dealkylation sites (tertiary alicyclic amines) is 1. The van der Waals surface area contributed by atoms with E-state index in [9.17, 15) is 20.1 Å². The summed E-state index contributed by atoms with van der Waals surface area (Å²) in [4.78, 5) is 18.7. The highest BCUT2D eigenvalue weighted by molar-refractivity contribution is 5.80. The molecule has 244 valence electrons. The Morgan fingerprint density at radius 3 is 2.64 bits per heavy atom. The van der Waals surface area contributed by atoms with Gasteiger partial charge in [0.05, 0.1) is 24.2 Å². The molecule has 10 heteroatoms. The second kappa shape index (κ2) is 12.1. The van der Waals surface area contributed by atoms with Gasteiger partial charge in [-0.25, -0.2) is 4.79 Å². The zero-order valence-electron chi connectivity index (χ0n) is 26.7. The number of ether oxygens (including phenoxy) is 4. The number of nitrogens with zero attached hydrogens (tertiary/aromatic N) is 2. The Morgan fingerprint density at radius 1 is 1.14 bits per heavy atom. The van der Waals surface area contributed by atoms with Gasteiger partial charge in [-0.05, 0) is 107 Å². The maximum atomic E-state index is 14.3. The number of piperidine rings is 1. The number of hydrogen-bond acceptors (Lipinski definition) is 10. The van der Waals surface area contributed by atoms with Crippen molar-refractivity contribution in [3.63, 3.8) is 0 Å². The number of aliphatic hydroxyl groups is 3. The summed E-state index contributed by atoms with van der Waals surface area (Å²) in [5.74, 6) is 1.39. The number of benzene rings is 1. The molecule has 44 heavy (non-hydrogen) atoms. The Hall–Kier alpha value is -2.37. The molecule has 1 aromatic rings. The Kier molecular flexibility index (Phi) is 8.69. The molecule has 0 aromatic heterocycles. The lowest BCUT2D eigenvalue weighted by atomic mass is 9.77. The average Bonchev–Trinajstić information content (AvgIpc) is 3.66. The van der Waals surface area contributed by atoms with Crippen LogP contribution >= 0.6 is 0 Å². The minimum Gasteiger partial charge on any atom is -0.497 e. The molecule has 0 radical (unpaired) electrons. The molecule has 0 bridgehead atoms. The summed E-state index contributed by atoms with van der Waals surface area (Å²) in [7, 11) is 1.60. The number of fused-ring (bicyclic) bond motifs is 3. The van der Waals surface area contributed by atoms with Crippen LogP contribution in [0, 0.1) is 5.92 Å². The Balaban J connectivity index is 1.32. The predicted molar refractivity (Wildman–Crippen MR) is 163 cm³/mol. The number of hydrogen-bond donors (Lipinski definition) is 3. The molecule has 1 aromatic carbocycles. The first-order chi connectivity index (χ1) is 20.9. The molecule has 3 N–H and O–H groups in total. The van der Waals surface area contributed by atoms with E-state index in [0.29, 0.717) is 43.4 Å². The van der Waals surface area contributed by atoms with Crippen molar-refractivity contribution in [3.05, 3.63) is 35.1 Å². The van der Waals surface area contributed by atoms with Crippen molar-refractivity contribution in [2.45, 2.75) is 114 Å². The van der Waals surface area contributed by atoms with Gasteiger partial charge in [-0.2, -0.15) is 0 Å². The van der Waals surface area contributed by atoms with Crippen LogP contribution in [0.3, 0.4) is 0 Å². The van der Waals surface area contributed by atoms with Crippen LogP contribution in [0.2, 0.25) is 0 Å². The van der Waals surface area contributed by atoms with E-state index in [1.165, 1.54) is 0 Å². The molecule has 1 spiro atoms. The largest absolute Gasteiger partial charge is 0.497 e. The van der Waals surface area contributed by atoms with Crippen molar-refractivity contribution in [3.8, 4) is 11.5 Å². The molecule has 2 saturated heterocycles. The topological polar surface area (TPSA) is 121 Å². The zero-order chi connectivity index (χ0) is 31.3. The van der Waals surface area contributed by atoms with E-state index < -0.39 is 35.0 Å². The van der Waals surface area contributed by atoms with Crippen LogP contribution in [-0.2, 0) is 20.7 Å². The molecule has 5 aliphatic rings. The van der Waals surface area contributed by atoms with E-state index >= 15 is 0 Å². The lowest BCUT2D eigenvalue weighted by Crippen LogP contribution is -2.52. The van der Waals surface area contributed by atoms with Gasteiger partial charge in [-0.1, -0.05) is 6.92 Å². The molecule has 0 saturated carbocycles. The number of carbonyl (C=O) groups is 1. The second-order valence-electron chi connectivity index (χ2n) is 14.4. The summed E-state index contributed by atoms with van der Waals surface area (Å²) in [6, 6.07) is 4.09. The van der Waals surface area contributed by atoms with E-state index in [2.05, 4.69) is 24.0 Å². The quantitative estimate of drug-likeness (QED) is 0.338. The lowest BCUT2D eigenvalue weighted by Gasteiger charge is -2.40. The van der Waals surface area contributed by atoms with Gasteiger partial charge in [-0.3, -0.25) is 9.80 Å². The van der Waals surface area contributed by atoms with Crippen LogP contribution < -0.4 is 9.47 Å². The normalized spacial score (nSPS) is 30.4. The smallest absolute Gasteiger partial charge is 0.339 e. The third-order valence-electron chi connectivity index (χ3n) is 10.6. The van der Waals surface area contributed by atoms with Gasteiger partial charge in [0, 0.05) is 26.1 Å². The minimum atomic E-state index is -1.95. The van der Waals surface area contributed by atoms with Crippen LogP contribution in [-0.4, -0.2) is 100 Å². The number of rotatable bonds is 10. The molecule has 2 unspecified atom stereocenters. The van der Waals surface area contributed by atoms with E-state index in [0.717, 1.165) is 62.1 Å². The SMILES string of the molecule is COC1=C[C@]23CCCN2CCc2cc4c(cc2[C@@H]3[C@@H]1OC(=O)[C@@](O)(CCCC(C)(C)O)CC(O)N1CCCC(C)C1)OCO4. The van der Waals surface area contributed by atoms with Crippen molar-refractivity contribution < 1.29 is 39.1 Å². The van der Waals surface area contributed by atoms with Crippen LogP contribution in [0.1, 0.15) is 89.2 Å². The van der Waals surface area contributed by atoms with Crippen molar-refractivity contribution in [2.24, 2.45) is 5.92 Å². The summed E-state index contributed by atoms with van der Waals surface area (Å²) >= 11 is 0. The summed E-state index contributed by atoms with van der Waals surface area (Å²) in [6.07, 6.45) is 5.87. The summed E-state index contributed by atoms with van der Waals surface area (Å²) in [5.41, 5.74) is -1.10. The second-order valence-corrected chi connectivity index (χ2v) is 14.4. The van der Waals surface area contributed by atoms with E-state index in [1.807, 2.05) is 11.0 Å². The third kappa shape index (κ3) is 5.96. The average molecular weight is 615 g/mol. The number of aliphatic hydroxyl groups excluding tert-OH is 1. The van der Waals surface area contributed by atoms with E-state index in [4.69, 9.17) is 18.9 Å². The fourth-order valence-corrected chi connectivity index (χ4v) is 8.35. The van der Waals surface area contributed by atoms with Gasteiger partial charge in [0.2, 0.25) is 6.79 Å². The van der Waals surface area contributed by atoms with Crippen LogP contribution in [0.4, 0.5) is 0 Å². The Labute approximate surface area is 260 Å². The monoisotopic (exact) mass is 614 g/mol. The van der Waals surface area contributed by atoms with Gasteiger partial charge >= 0.3 is 5.97 Å². The predicted octanol–water partition coefficient (Wildman–Crippen LogP) is 3.46. The summed E-state index contributed by atoms with van der Waals surface area (Å²) in [5, 5.41) is 33.7. The van der Waals surface area contributed by atoms with Crippen LogP contribution in [0.5, 0.6) is 11.5 Å².